The van der Waals surface area contributed by atoms with E-state index in [0.717, 1.165) is 34.3 Å². The molecule has 2 unspecified atom stereocenters. The zero-order valence-corrected chi connectivity index (χ0v) is 13.7. The number of aromatic nitrogens is 4. The van der Waals surface area contributed by atoms with E-state index in [0.29, 0.717) is 0 Å². The number of hydrogen-bond donors (Lipinski definition) is 2. The molecule has 1 fully saturated rings. The quantitative estimate of drug-likeness (QED) is 0.829. The summed E-state index contributed by atoms with van der Waals surface area (Å²) in [5.41, 5.74) is 0.800. The lowest BCUT2D eigenvalue weighted by atomic mass is 9.95. The highest BCUT2D eigenvalue weighted by Crippen LogP contribution is 2.30. The maximum absolute atomic E-state index is 9.64. The highest BCUT2D eigenvalue weighted by atomic mass is 79.9. The molecule has 2 heterocycles. The van der Waals surface area contributed by atoms with Crippen LogP contribution in [0.1, 0.15) is 32.1 Å². The molecular weight excluding hydrogens is 334 g/mol. The van der Waals surface area contributed by atoms with Gasteiger partial charge in [0, 0.05) is 25.6 Å². The van der Waals surface area contributed by atoms with E-state index >= 15 is 0 Å². The number of anilines is 1. The molecule has 2 aromatic rings. The van der Waals surface area contributed by atoms with E-state index < -0.39 is 0 Å². The fraction of sp³-hybridized carbons (Fsp3) is 0.643. The topological polar surface area (TPSA) is 75.9 Å². The predicted molar refractivity (Wildman–Crippen MR) is 85.1 cm³/mol. The van der Waals surface area contributed by atoms with Gasteiger partial charge in [0.2, 0.25) is 0 Å². The molecule has 0 amide bonds. The molecule has 1 saturated carbocycles. The van der Waals surface area contributed by atoms with Crippen molar-refractivity contribution >= 4 is 32.8 Å². The average Bonchev–Trinajstić information content (AvgIpc) is 2.66. The third-order valence-corrected chi connectivity index (χ3v) is 4.85. The van der Waals surface area contributed by atoms with Crippen molar-refractivity contribution in [3.8, 4) is 0 Å². The van der Waals surface area contributed by atoms with Crippen molar-refractivity contribution in [1.82, 2.24) is 19.7 Å². The van der Waals surface area contributed by atoms with Crippen LogP contribution in [-0.2, 0) is 7.05 Å². The van der Waals surface area contributed by atoms with Gasteiger partial charge in [-0.15, -0.1) is 0 Å². The van der Waals surface area contributed by atoms with Crippen molar-refractivity contribution in [2.45, 2.75) is 38.1 Å². The van der Waals surface area contributed by atoms with Crippen LogP contribution in [0.3, 0.4) is 0 Å². The lowest BCUT2D eigenvalue weighted by Crippen LogP contribution is -2.31. The Labute approximate surface area is 132 Å². The van der Waals surface area contributed by atoms with E-state index in [9.17, 15) is 5.11 Å². The van der Waals surface area contributed by atoms with Crippen LogP contribution in [0, 0.1) is 5.92 Å². The maximum Gasteiger partial charge on any atom is 0.164 e. The Morgan fingerprint density at radius 3 is 2.95 bits per heavy atom. The minimum Gasteiger partial charge on any atom is -0.396 e. The summed E-state index contributed by atoms with van der Waals surface area (Å²) in [5.74, 6) is 1.08. The molecule has 0 bridgehead atoms. The third-order valence-electron chi connectivity index (χ3n) is 4.29. The summed E-state index contributed by atoms with van der Waals surface area (Å²) in [4.78, 5) is 8.67. The van der Waals surface area contributed by atoms with E-state index in [1.165, 1.54) is 19.3 Å². The summed E-state index contributed by atoms with van der Waals surface area (Å²) in [6.07, 6.45) is 7.31. The normalized spacial score (nSPS) is 23.2. The summed E-state index contributed by atoms with van der Waals surface area (Å²) in [7, 11) is 1.87. The van der Waals surface area contributed by atoms with E-state index in [2.05, 4.69) is 36.3 Å². The van der Waals surface area contributed by atoms with Gasteiger partial charge in [-0.2, -0.15) is 5.10 Å². The molecule has 2 atom stereocenters. The molecule has 7 heteroatoms. The Hall–Kier alpha value is -1.21. The molecule has 1 aliphatic carbocycles. The minimum atomic E-state index is 0.222. The van der Waals surface area contributed by atoms with Gasteiger partial charge in [0.15, 0.2) is 5.65 Å². The molecule has 1 aliphatic rings. The average molecular weight is 354 g/mol. The Morgan fingerprint density at radius 2 is 2.14 bits per heavy atom. The number of aliphatic hydroxyl groups is 1. The number of rotatable bonds is 3. The van der Waals surface area contributed by atoms with Gasteiger partial charge in [0.1, 0.15) is 16.7 Å². The minimum absolute atomic E-state index is 0.222. The van der Waals surface area contributed by atoms with Crippen molar-refractivity contribution in [3.63, 3.8) is 0 Å². The largest absolute Gasteiger partial charge is 0.396 e. The van der Waals surface area contributed by atoms with Gasteiger partial charge in [0.05, 0.1) is 5.39 Å². The second-order valence-electron chi connectivity index (χ2n) is 5.67. The molecule has 21 heavy (non-hydrogen) atoms. The first-order valence-corrected chi connectivity index (χ1v) is 8.20. The molecule has 0 spiro atoms. The summed E-state index contributed by atoms with van der Waals surface area (Å²) >= 11 is 3.48. The maximum atomic E-state index is 9.64. The second-order valence-corrected chi connectivity index (χ2v) is 6.42. The lowest BCUT2D eigenvalue weighted by molar-refractivity contribution is 0.203. The first kappa shape index (κ1) is 14.7. The number of nitrogens with zero attached hydrogens (tertiary/aromatic N) is 4. The molecule has 0 radical (unpaired) electrons. The van der Waals surface area contributed by atoms with E-state index in [-0.39, 0.29) is 18.6 Å². The van der Waals surface area contributed by atoms with Gasteiger partial charge in [-0.3, -0.25) is 0 Å². The van der Waals surface area contributed by atoms with Crippen LogP contribution in [0.2, 0.25) is 0 Å². The molecule has 3 rings (SSSR count). The molecule has 114 valence electrons. The fourth-order valence-corrected chi connectivity index (χ4v) is 3.72. The number of aliphatic hydroxyl groups excluding tert-OH is 1. The molecule has 0 saturated heterocycles. The molecule has 0 aliphatic heterocycles. The smallest absolute Gasteiger partial charge is 0.164 e. The predicted octanol–water partition coefficient (Wildman–Crippen LogP) is 2.48. The summed E-state index contributed by atoms with van der Waals surface area (Å²) in [6.45, 7) is 0.222. The van der Waals surface area contributed by atoms with Crippen molar-refractivity contribution in [2.24, 2.45) is 13.0 Å². The number of fused-ring (bicyclic) bond motifs is 1. The van der Waals surface area contributed by atoms with Crippen LogP contribution in [-0.4, -0.2) is 37.5 Å². The van der Waals surface area contributed by atoms with Crippen LogP contribution in [0.25, 0.3) is 11.0 Å². The SMILES string of the molecule is Cn1nc(Br)c2c(NC3CCCCCC3CO)ncnc21. The highest BCUT2D eigenvalue weighted by molar-refractivity contribution is 9.10. The van der Waals surface area contributed by atoms with Crippen LogP contribution < -0.4 is 5.32 Å². The summed E-state index contributed by atoms with van der Waals surface area (Å²) < 4.78 is 2.49. The van der Waals surface area contributed by atoms with Crippen molar-refractivity contribution in [3.05, 3.63) is 10.9 Å². The molecule has 2 N–H and O–H groups in total. The second kappa shape index (κ2) is 6.27. The Kier molecular flexibility index (Phi) is 4.40. The number of hydrogen-bond acceptors (Lipinski definition) is 5. The van der Waals surface area contributed by atoms with Crippen molar-refractivity contribution in [2.75, 3.05) is 11.9 Å². The van der Waals surface area contributed by atoms with Gasteiger partial charge < -0.3 is 10.4 Å². The van der Waals surface area contributed by atoms with Crippen LogP contribution in [0.15, 0.2) is 10.9 Å². The molecule has 6 nitrogen and oxygen atoms in total. The van der Waals surface area contributed by atoms with Crippen LogP contribution >= 0.6 is 15.9 Å². The third kappa shape index (κ3) is 2.89. The number of halogens is 1. The van der Waals surface area contributed by atoms with Crippen LogP contribution in [0.5, 0.6) is 0 Å². The molecular formula is C14H20BrN5O. The first-order valence-electron chi connectivity index (χ1n) is 7.41. The number of nitrogens with one attached hydrogen (secondary N) is 1. The zero-order valence-electron chi connectivity index (χ0n) is 12.1. The Balaban J connectivity index is 1.93. The zero-order chi connectivity index (χ0) is 14.8. The lowest BCUT2D eigenvalue weighted by Gasteiger charge is -2.25. The van der Waals surface area contributed by atoms with Crippen LogP contribution in [0.4, 0.5) is 5.82 Å². The van der Waals surface area contributed by atoms with Crippen molar-refractivity contribution < 1.29 is 5.11 Å². The molecule has 2 aromatic heterocycles. The Bertz CT molecular complexity index is 629. The van der Waals surface area contributed by atoms with Gasteiger partial charge in [0.25, 0.3) is 0 Å². The monoisotopic (exact) mass is 353 g/mol. The standard InChI is InChI=1S/C14H20BrN5O/c1-20-14-11(12(15)19-20)13(16-8-17-14)18-10-6-4-2-3-5-9(10)7-21/h8-10,21H,2-7H2,1H3,(H,16,17,18). The van der Waals surface area contributed by atoms with Gasteiger partial charge in [-0.25, -0.2) is 14.6 Å². The van der Waals surface area contributed by atoms with E-state index in [4.69, 9.17) is 0 Å². The first-order chi connectivity index (χ1) is 10.2. The molecule has 0 aromatic carbocycles. The summed E-state index contributed by atoms with van der Waals surface area (Å²) in [5, 5.41) is 18.4. The van der Waals surface area contributed by atoms with Gasteiger partial charge >= 0.3 is 0 Å². The van der Waals surface area contributed by atoms with Crippen molar-refractivity contribution in [1.29, 1.82) is 0 Å². The number of aryl methyl sites for hydroxylation is 1. The van der Waals surface area contributed by atoms with Gasteiger partial charge in [-0.1, -0.05) is 19.3 Å². The van der Waals surface area contributed by atoms with Gasteiger partial charge in [-0.05, 0) is 28.8 Å². The Morgan fingerprint density at radius 1 is 1.33 bits per heavy atom. The highest BCUT2D eigenvalue weighted by Gasteiger charge is 2.25. The van der Waals surface area contributed by atoms with E-state index in [1.807, 2.05) is 7.05 Å². The summed E-state index contributed by atoms with van der Waals surface area (Å²) in [6, 6.07) is 0.253. The fourth-order valence-electron chi connectivity index (χ4n) is 3.12. The van der Waals surface area contributed by atoms with E-state index in [1.54, 1.807) is 11.0 Å².